The first-order valence-corrected chi connectivity index (χ1v) is 10.6. The molecule has 0 radical (unpaired) electrons. The van der Waals surface area contributed by atoms with E-state index >= 15 is 0 Å². The molecule has 3 rings (SSSR count). The summed E-state index contributed by atoms with van der Waals surface area (Å²) in [6.07, 6.45) is -0.314. The van der Waals surface area contributed by atoms with Crippen LogP contribution >= 0.6 is 7.37 Å². The lowest BCUT2D eigenvalue weighted by molar-refractivity contribution is -0.174. The van der Waals surface area contributed by atoms with Gasteiger partial charge in [-0.25, -0.2) is 0 Å². The van der Waals surface area contributed by atoms with Crippen molar-refractivity contribution in [1.82, 2.24) is 0 Å². The van der Waals surface area contributed by atoms with Crippen LogP contribution in [-0.2, 0) is 28.0 Å². The Morgan fingerprint density at radius 1 is 1.04 bits per heavy atom. The molecule has 24 heavy (non-hydrogen) atoms. The van der Waals surface area contributed by atoms with Gasteiger partial charge in [-0.1, -0.05) is 13.3 Å². The molecule has 0 saturated carbocycles. The number of rotatable bonds is 4. The molecule has 6 atom stereocenters. The van der Waals surface area contributed by atoms with E-state index in [2.05, 4.69) is 0 Å². The number of unbranched alkanes of at least 4 members (excludes halogenated alkanes) is 1. The van der Waals surface area contributed by atoms with Gasteiger partial charge in [-0.05, 0) is 34.1 Å². The zero-order valence-corrected chi connectivity index (χ0v) is 16.0. The molecule has 140 valence electrons. The molecule has 0 bridgehead atoms. The Morgan fingerprint density at radius 2 is 1.71 bits per heavy atom. The maximum atomic E-state index is 13.3. The summed E-state index contributed by atoms with van der Waals surface area (Å²) in [4.78, 5) is 0. The summed E-state index contributed by atoms with van der Waals surface area (Å²) in [5.41, 5.74) is 0. The van der Waals surface area contributed by atoms with Gasteiger partial charge in [0.1, 0.15) is 24.4 Å². The zero-order chi connectivity index (χ0) is 17.8. The highest BCUT2D eigenvalue weighted by molar-refractivity contribution is 7.59. The van der Waals surface area contributed by atoms with Crippen LogP contribution in [0.4, 0.5) is 0 Å². The van der Waals surface area contributed by atoms with Crippen molar-refractivity contribution in [2.24, 2.45) is 0 Å². The van der Waals surface area contributed by atoms with Crippen LogP contribution < -0.4 is 0 Å². The van der Waals surface area contributed by atoms with Crippen molar-refractivity contribution in [3.8, 4) is 0 Å². The number of hydrogen-bond donors (Lipinski definition) is 1. The molecule has 0 aromatic rings. The van der Waals surface area contributed by atoms with Crippen molar-refractivity contribution >= 4 is 7.37 Å². The zero-order valence-electron chi connectivity index (χ0n) is 15.1. The molecule has 0 spiro atoms. The smallest absolute Gasteiger partial charge is 0.233 e. The lowest BCUT2D eigenvalue weighted by Crippen LogP contribution is -2.54. The second kappa shape index (κ2) is 6.31. The van der Waals surface area contributed by atoms with Crippen molar-refractivity contribution in [2.75, 3.05) is 12.8 Å². The van der Waals surface area contributed by atoms with Crippen molar-refractivity contribution in [1.29, 1.82) is 0 Å². The lowest BCUT2D eigenvalue weighted by Gasteiger charge is -2.41. The van der Waals surface area contributed by atoms with Gasteiger partial charge in [-0.2, -0.15) is 0 Å². The van der Waals surface area contributed by atoms with E-state index in [-0.39, 0.29) is 0 Å². The Labute approximate surface area is 143 Å². The predicted molar refractivity (Wildman–Crippen MR) is 87.0 cm³/mol. The fourth-order valence-corrected chi connectivity index (χ4v) is 6.17. The quantitative estimate of drug-likeness (QED) is 0.767. The highest BCUT2D eigenvalue weighted by atomic mass is 31.2. The second-order valence-corrected chi connectivity index (χ2v) is 10.4. The molecule has 3 fully saturated rings. The van der Waals surface area contributed by atoms with E-state index in [1.807, 2.05) is 20.8 Å². The summed E-state index contributed by atoms with van der Waals surface area (Å²) >= 11 is 0. The average Bonchev–Trinajstić information content (AvgIpc) is 3.00. The molecule has 1 unspecified atom stereocenters. The Bertz CT molecular complexity index is 521. The van der Waals surface area contributed by atoms with Crippen molar-refractivity contribution in [3.63, 3.8) is 0 Å². The molecular weight excluding hydrogens is 335 g/mol. The third kappa shape index (κ3) is 3.45. The van der Waals surface area contributed by atoms with E-state index in [4.69, 9.17) is 23.5 Å². The Kier molecular flexibility index (Phi) is 4.93. The maximum Gasteiger partial charge on any atom is 0.233 e. The predicted octanol–water partition coefficient (Wildman–Crippen LogP) is 2.45. The summed E-state index contributed by atoms with van der Waals surface area (Å²) in [5, 5.41) is 10.7. The maximum absolute atomic E-state index is 13.3. The first kappa shape index (κ1) is 18.8. The molecule has 7 nitrogen and oxygen atoms in total. The third-order valence-corrected chi connectivity index (χ3v) is 7.34. The van der Waals surface area contributed by atoms with Crippen LogP contribution in [0.2, 0.25) is 0 Å². The monoisotopic (exact) mass is 364 g/mol. The van der Waals surface area contributed by atoms with Crippen LogP contribution in [0.1, 0.15) is 47.5 Å². The highest BCUT2D eigenvalue weighted by Crippen LogP contribution is 2.61. The van der Waals surface area contributed by atoms with Crippen LogP contribution in [-0.4, -0.2) is 59.7 Å². The van der Waals surface area contributed by atoms with E-state index in [0.717, 1.165) is 12.8 Å². The molecule has 0 amide bonds. The minimum absolute atomic E-state index is 0.325. The minimum atomic E-state index is -3.28. The van der Waals surface area contributed by atoms with E-state index in [1.165, 1.54) is 0 Å². The average molecular weight is 364 g/mol. The summed E-state index contributed by atoms with van der Waals surface area (Å²) < 4.78 is 42.6. The first-order chi connectivity index (χ1) is 11.1. The van der Waals surface area contributed by atoms with Gasteiger partial charge in [0.15, 0.2) is 17.4 Å². The van der Waals surface area contributed by atoms with E-state index in [0.29, 0.717) is 12.8 Å². The first-order valence-electron chi connectivity index (χ1n) is 8.69. The largest absolute Gasteiger partial charge is 0.380 e. The number of aliphatic hydroxyl groups excluding tert-OH is 1. The second-order valence-electron chi connectivity index (χ2n) is 7.72. The SMILES string of the molecule is CCCCP1(=O)O[C@H]([C@H]2COC(C)(C)O2)[C@@H]2OC(C)(C)O[C@@H]2[C@@H]1O. The highest BCUT2D eigenvalue weighted by Gasteiger charge is 2.61. The normalized spacial score (nSPS) is 46.8. The third-order valence-electron chi connectivity index (χ3n) is 4.70. The van der Waals surface area contributed by atoms with Crippen LogP contribution in [0.3, 0.4) is 0 Å². The molecular formula is C16H29O7P. The van der Waals surface area contributed by atoms with Gasteiger partial charge in [-0.3, -0.25) is 4.57 Å². The van der Waals surface area contributed by atoms with E-state index in [1.54, 1.807) is 13.8 Å². The van der Waals surface area contributed by atoms with Crippen LogP contribution in [0.5, 0.6) is 0 Å². The molecule has 3 heterocycles. The Balaban J connectivity index is 1.87. The molecule has 8 heteroatoms. The molecule has 0 aliphatic carbocycles. The Hall–Kier alpha value is -0.0100. The fraction of sp³-hybridized carbons (Fsp3) is 1.00. The number of aliphatic hydroxyl groups is 1. The van der Waals surface area contributed by atoms with Crippen molar-refractivity contribution < 1.29 is 33.1 Å². The van der Waals surface area contributed by atoms with Gasteiger partial charge < -0.3 is 28.6 Å². The van der Waals surface area contributed by atoms with Crippen molar-refractivity contribution in [3.05, 3.63) is 0 Å². The lowest BCUT2D eigenvalue weighted by atomic mass is 10.0. The minimum Gasteiger partial charge on any atom is -0.380 e. The van der Waals surface area contributed by atoms with Gasteiger partial charge in [0.2, 0.25) is 7.37 Å². The summed E-state index contributed by atoms with van der Waals surface area (Å²) in [7, 11) is -3.28. The molecule has 3 aliphatic heterocycles. The number of ether oxygens (including phenoxy) is 4. The van der Waals surface area contributed by atoms with Gasteiger partial charge in [0.05, 0.1) is 6.61 Å². The Morgan fingerprint density at radius 3 is 2.29 bits per heavy atom. The molecule has 3 saturated heterocycles. The molecule has 0 aromatic carbocycles. The summed E-state index contributed by atoms with van der Waals surface area (Å²) in [6.45, 7) is 9.56. The van der Waals surface area contributed by atoms with E-state index < -0.39 is 49.2 Å². The van der Waals surface area contributed by atoms with Crippen LogP contribution in [0, 0.1) is 0 Å². The molecule has 1 N–H and O–H groups in total. The molecule has 3 aliphatic rings. The van der Waals surface area contributed by atoms with Crippen LogP contribution in [0.25, 0.3) is 0 Å². The summed E-state index contributed by atoms with van der Waals surface area (Å²) in [6, 6.07) is 0. The fourth-order valence-electron chi connectivity index (χ4n) is 3.57. The topological polar surface area (TPSA) is 83.5 Å². The van der Waals surface area contributed by atoms with Gasteiger partial charge in [0, 0.05) is 6.16 Å². The van der Waals surface area contributed by atoms with Crippen LogP contribution in [0.15, 0.2) is 0 Å². The standard InChI is InChI=1S/C16H29O7P/c1-6-7-8-24(18)14(17)13-12(21-16(4,5)22-13)11(23-24)10-9-19-15(2,3)20-10/h10-14,17H,6-9H2,1-5H3/t10-,11-,12+,13+,14-,24?/m1/s1. The number of fused-ring (bicyclic) bond motifs is 1. The number of hydrogen-bond acceptors (Lipinski definition) is 7. The summed E-state index contributed by atoms with van der Waals surface area (Å²) in [5.74, 6) is -2.77. The van der Waals surface area contributed by atoms with E-state index in [9.17, 15) is 9.67 Å². The molecule has 0 aromatic heterocycles. The van der Waals surface area contributed by atoms with Gasteiger partial charge in [-0.15, -0.1) is 0 Å². The van der Waals surface area contributed by atoms with Gasteiger partial charge in [0.25, 0.3) is 0 Å². The van der Waals surface area contributed by atoms with Crippen molar-refractivity contribution in [2.45, 2.75) is 89.3 Å². The van der Waals surface area contributed by atoms with Gasteiger partial charge >= 0.3 is 0 Å².